The van der Waals surface area contributed by atoms with Gasteiger partial charge in [0.25, 0.3) is 17.4 Å². The number of hydrogen-bond donors (Lipinski definition) is 2. The van der Waals surface area contributed by atoms with Gasteiger partial charge in [-0.15, -0.1) is 0 Å². The Morgan fingerprint density at radius 2 is 1.92 bits per heavy atom. The van der Waals surface area contributed by atoms with Crippen LogP contribution < -0.4 is 10.9 Å². The molecule has 0 fully saturated rings. The predicted molar refractivity (Wildman–Crippen MR) is 122 cm³/mol. The second-order valence-electron chi connectivity index (χ2n) is 7.85. The van der Waals surface area contributed by atoms with E-state index in [2.05, 4.69) is 25.4 Å². The van der Waals surface area contributed by atoms with Crippen LogP contribution in [0.5, 0.6) is 0 Å². The third-order valence-corrected chi connectivity index (χ3v) is 5.46. The fourth-order valence-electron chi connectivity index (χ4n) is 3.65. The first-order valence-electron chi connectivity index (χ1n) is 10.7. The SMILES string of the molecule is O=C(NCc1noc(-c2c[nH]c3ncccc23)n1)c1cccn(Cc2ccc(C(F)(F)F)cc2)c1=O. The zero-order valence-corrected chi connectivity index (χ0v) is 18.4. The van der Waals surface area contributed by atoms with Crippen molar-refractivity contribution < 1.29 is 22.5 Å². The number of H-pyrrole nitrogens is 1. The van der Waals surface area contributed by atoms with E-state index in [0.29, 0.717) is 16.8 Å². The molecule has 2 N–H and O–H groups in total. The second-order valence-corrected chi connectivity index (χ2v) is 7.85. The van der Waals surface area contributed by atoms with Crippen molar-refractivity contribution in [3.05, 3.63) is 100.0 Å². The van der Waals surface area contributed by atoms with Crippen LogP contribution in [0.3, 0.4) is 0 Å². The molecule has 9 nitrogen and oxygen atoms in total. The first kappa shape index (κ1) is 23.0. The summed E-state index contributed by atoms with van der Waals surface area (Å²) in [6.07, 6.45) is 0.354. The van der Waals surface area contributed by atoms with Crippen LogP contribution in [0.15, 0.2) is 76.4 Å². The molecule has 0 aliphatic carbocycles. The lowest BCUT2D eigenvalue weighted by Crippen LogP contribution is -2.32. The van der Waals surface area contributed by atoms with Gasteiger partial charge in [0.1, 0.15) is 11.2 Å². The Labute approximate surface area is 200 Å². The van der Waals surface area contributed by atoms with Crippen LogP contribution in [0, 0.1) is 0 Å². The molecule has 4 aromatic heterocycles. The van der Waals surface area contributed by atoms with Gasteiger partial charge < -0.3 is 19.4 Å². The minimum absolute atomic E-state index is 0.00572. The highest BCUT2D eigenvalue weighted by Gasteiger charge is 2.30. The zero-order chi connectivity index (χ0) is 25.3. The number of hydrogen-bond acceptors (Lipinski definition) is 6. The number of amides is 1. The lowest BCUT2D eigenvalue weighted by atomic mass is 10.1. The molecule has 12 heteroatoms. The van der Waals surface area contributed by atoms with E-state index in [9.17, 15) is 22.8 Å². The number of benzene rings is 1. The molecule has 0 bridgehead atoms. The van der Waals surface area contributed by atoms with Crippen molar-refractivity contribution in [1.82, 2.24) is 30.0 Å². The maximum absolute atomic E-state index is 12.8. The van der Waals surface area contributed by atoms with Crippen molar-refractivity contribution in [3.8, 4) is 11.5 Å². The van der Waals surface area contributed by atoms with Gasteiger partial charge in [-0.1, -0.05) is 17.3 Å². The van der Waals surface area contributed by atoms with Crippen molar-refractivity contribution in [2.75, 3.05) is 0 Å². The molecular formula is C24H17F3N6O3. The molecule has 1 amide bonds. The van der Waals surface area contributed by atoms with Gasteiger partial charge >= 0.3 is 6.18 Å². The van der Waals surface area contributed by atoms with E-state index in [0.717, 1.165) is 17.5 Å². The average molecular weight is 494 g/mol. The highest BCUT2D eigenvalue weighted by molar-refractivity contribution is 5.93. The van der Waals surface area contributed by atoms with Crippen LogP contribution in [0.1, 0.15) is 27.3 Å². The van der Waals surface area contributed by atoms with Gasteiger partial charge in [0, 0.05) is 24.0 Å². The Morgan fingerprint density at radius 3 is 2.69 bits per heavy atom. The Hall–Kier alpha value is -4.74. The van der Waals surface area contributed by atoms with Crippen LogP contribution >= 0.6 is 0 Å². The van der Waals surface area contributed by atoms with Crippen LogP contribution in [0.2, 0.25) is 0 Å². The standard InChI is InChI=1S/C24H17F3N6O3/c25-24(26,27)15-7-5-14(6-8-15)13-33-10-2-4-17(23(33)35)21(34)30-12-19-31-22(36-32-19)18-11-29-20-16(18)3-1-9-28-20/h1-11H,12-13H2,(H,28,29)(H,30,34). The predicted octanol–water partition coefficient (Wildman–Crippen LogP) is 3.77. The van der Waals surface area contributed by atoms with Crippen molar-refractivity contribution in [2.24, 2.45) is 0 Å². The fourth-order valence-corrected chi connectivity index (χ4v) is 3.65. The smallest absolute Gasteiger partial charge is 0.345 e. The van der Waals surface area contributed by atoms with Gasteiger partial charge in [0.05, 0.1) is 24.2 Å². The Kier molecular flexibility index (Phi) is 5.84. The number of aromatic amines is 1. The molecule has 0 atom stereocenters. The molecule has 0 unspecified atom stereocenters. The number of halogens is 3. The lowest BCUT2D eigenvalue weighted by molar-refractivity contribution is -0.137. The summed E-state index contributed by atoms with van der Waals surface area (Å²) in [5.74, 6) is -0.195. The first-order valence-corrected chi connectivity index (χ1v) is 10.7. The second kappa shape index (κ2) is 9.13. The molecular weight excluding hydrogens is 477 g/mol. The minimum Gasteiger partial charge on any atom is -0.345 e. The zero-order valence-electron chi connectivity index (χ0n) is 18.4. The van der Waals surface area contributed by atoms with Gasteiger partial charge in [0.2, 0.25) is 0 Å². The van der Waals surface area contributed by atoms with Crippen molar-refractivity contribution in [2.45, 2.75) is 19.3 Å². The number of aromatic nitrogens is 5. The van der Waals surface area contributed by atoms with E-state index in [1.807, 2.05) is 6.07 Å². The van der Waals surface area contributed by atoms with Gasteiger partial charge in [-0.25, -0.2) is 4.98 Å². The van der Waals surface area contributed by atoms with Gasteiger partial charge in [-0.3, -0.25) is 9.59 Å². The summed E-state index contributed by atoms with van der Waals surface area (Å²) in [5.41, 5.74) is 0.313. The molecule has 0 spiro atoms. The largest absolute Gasteiger partial charge is 0.416 e. The highest BCUT2D eigenvalue weighted by atomic mass is 19.4. The number of carbonyl (C=O) groups is 1. The summed E-state index contributed by atoms with van der Waals surface area (Å²) in [6.45, 7) is -0.0814. The summed E-state index contributed by atoms with van der Waals surface area (Å²) in [6, 6.07) is 11.0. The van der Waals surface area contributed by atoms with Crippen LogP contribution in [-0.4, -0.2) is 30.6 Å². The molecule has 0 aliphatic rings. The van der Waals surface area contributed by atoms with Crippen LogP contribution in [0.4, 0.5) is 13.2 Å². The van der Waals surface area contributed by atoms with Gasteiger partial charge in [-0.05, 0) is 42.0 Å². The molecule has 1 aromatic carbocycles. The number of pyridine rings is 2. The number of alkyl halides is 3. The summed E-state index contributed by atoms with van der Waals surface area (Å²) < 4.78 is 44.8. The average Bonchev–Trinajstić information content (AvgIpc) is 3.50. The molecule has 0 aliphatic heterocycles. The molecule has 0 radical (unpaired) electrons. The Morgan fingerprint density at radius 1 is 1.11 bits per heavy atom. The lowest BCUT2D eigenvalue weighted by Gasteiger charge is -2.10. The quantitative estimate of drug-likeness (QED) is 0.371. The van der Waals surface area contributed by atoms with Crippen molar-refractivity contribution in [3.63, 3.8) is 0 Å². The highest BCUT2D eigenvalue weighted by Crippen LogP contribution is 2.29. The minimum atomic E-state index is -4.44. The number of nitrogens with one attached hydrogen (secondary N) is 2. The van der Waals surface area contributed by atoms with Gasteiger partial charge in [0.15, 0.2) is 5.82 Å². The molecule has 182 valence electrons. The van der Waals surface area contributed by atoms with E-state index in [4.69, 9.17) is 4.52 Å². The maximum Gasteiger partial charge on any atom is 0.416 e. The molecule has 5 aromatic rings. The van der Waals surface area contributed by atoms with Crippen molar-refractivity contribution >= 4 is 16.9 Å². The Bertz CT molecular complexity index is 1600. The third-order valence-electron chi connectivity index (χ3n) is 5.46. The molecule has 5 rings (SSSR count). The number of nitrogens with zero attached hydrogens (tertiary/aromatic N) is 4. The Balaban J connectivity index is 1.27. The molecule has 36 heavy (non-hydrogen) atoms. The van der Waals surface area contributed by atoms with E-state index < -0.39 is 23.2 Å². The third kappa shape index (κ3) is 4.60. The van der Waals surface area contributed by atoms with Crippen LogP contribution in [-0.2, 0) is 19.3 Å². The molecule has 0 saturated carbocycles. The molecule has 4 heterocycles. The van der Waals surface area contributed by atoms with E-state index in [1.54, 1.807) is 18.5 Å². The number of rotatable bonds is 6. The number of fused-ring (bicyclic) bond motifs is 1. The first-order chi connectivity index (χ1) is 17.3. The van der Waals surface area contributed by atoms with E-state index >= 15 is 0 Å². The summed E-state index contributed by atoms with van der Waals surface area (Å²) in [5, 5.41) is 7.25. The maximum atomic E-state index is 12.8. The van der Waals surface area contributed by atoms with E-state index in [1.165, 1.54) is 35.0 Å². The van der Waals surface area contributed by atoms with Crippen LogP contribution in [0.25, 0.3) is 22.5 Å². The summed E-state index contributed by atoms with van der Waals surface area (Å²) in [7, 11) is 0. The monoisotopic (exact) mass is 494 g/mol. The van der Waals surface area contributed by atoms with Gasteiger partial charge in [-0.2, -0.15) is 18.2 Å². The molecule has 0 saturated heterocycles. The number of carbonyl (C=O) groups excluding carboxylic acids is 1. The topological polar surface area (TPSA) is 119 Å². The summed E-state index contributed by atoms with van der Waals surface area (Å²) >= 11 is 0. The van der Waals surface area contributed by atoms with Crippen molar-refractivity contribution in [1.29, 1.82) is 0 Å². The normalized spacial score (nSPS) is 11.6. The summed E-state index contributed by atoms with van der Waals surface area (Å²) in [4.78, 5) is 37.0. The fraction of sp³-hybridized carbons (Fsp3) is 0.125. The van der Waals surface area contributed by atoms with E-state index in [-0.39, 0.29) is 30.4 Å².